The quantitative estimate of drug-likeness (QED) is 0.405. The lowest BCUT2D eigenvalue weighted by atomic mass is 9.95. The predicted molar refractivity (Wildman–Crippen MR) is 120 cm³/mol. The molecule has 1 aliphatic rings. The molecule has 7 nitrogen and oxygen atoms in total. The minimum Gasteiger partial charge on any atom is -0.478 e. The van der Waals surface area contributed by atoms with E-state index in [0.717, 1.165) is 10.5 Å². The van der Waals surface area contributed by atoms with E-state index >= 15 is 0 Å². The SMILES string of the molecule is CCOC(=O)C1=C(CSc2ccccc2C(=O)O)NC(=O)N[C@@H]1c1ccc(SC)cc1. The van der Waals surface area contributed by atoms with Crippen molar-refractivity contribution in [1.82, 2.24) is 10.6 Å². The first kappa shape index (κ1) is 22.8. The smallest absolute Gasteiger partial charge is 0.338 e. The molecule has 162 valence electrons. The first-order chi connectivity index (χ1) is 14.9. The van der Waals surface area contributed by atoms with Gasteiger partial charge in [-0.15, -0.1) is 23.5 Å². The molecule has 3 rings (SSSR count). The maximum Gasteiger partial charge on any atom is 0.338 e. The fourth-order valence-electron chi connectivity index (χ4n) is 3.15. The van der Waals surface area contributed by atoms with E-state index < -0.39 is 24.0 Å². The molecule has 0 spiro atoms. The number of ether oxygens (including phenoxy) is 1. The van der Waals surface area contributed by atoms with E-state index in [9.17, 15) is 19.5 Å². The van der Waals surface area contributed by atoms with Crippen molar-refractivity contribution >= 4 is 41.5 Å². The minimum atomic E-state index is -1.04. The molecule has 31 heavy (non-hydrogen) atoms. The topological polar surface area (TPSA) is 105 Å². The molecule has 0 aliphatic carbocycles. The molecule has 2 aromatic carbocycles. The van der Waals surface area contributed by atoms with Crippen LogP contribution in [-0.2, 0) is 9.53 Å². The van der Waals surface area contributed by atoms with Gasteiger partial charge in [0.2, 0.25) is 0 Å². The van der Waals surface area contributed by atoms with Gasteiger partial charge in [-0.25, -0.2) is 14.4 Å². The molecule has 1 atom stereocenters. The monoisotopic (exact) mass is 458 g/mol. The Labute approximate surface area is 188 Å². The highest BCUT2D eigenvalue weighted by molar-refractivity contribution is 7.99. The second kappa shape index (κ2) is 10.4. The first-order valence-electron chi connectivity index (χ1n) is 9.51. The number of nitrogens with one attached hydrogen (secondary N) is 2. The summed E-state index contributed by atoms with van der Waals surface area (Å²) in [5.41, 5.74) is 1.62. The highest BCUT2D eigenvalue weighted by Crippen LogP contribution is 2.32. The predicted octanol–water partition coefficient (Wildman–Crippen LogP) is 4.07. The van der Waals surface area contributed by atoms with E-state index in [4.69, 9.17) is 4.74 Å². The van der Waals surface area contributed by atoms with Crippen molar-refractivity contribution in [2.24, 2.45) is 0 Å². The largest absolute Gasteiger partial charge is 0.478 e. The van der Waals surface area contributed by atoms with E-state index in [1.807, 2.05) is 30.5 Å². The molecule has 2 aromatic rings. The van der Waals surface area contributed by atoms with Gasteiger partial charge in [0.15, 0.2) is 0 Å². The summed E-state index contributed by atoms with van der Waals surface area (Å²) in [7, 11) is 0. The number of hydrogen-bond acceptors (Lipinski definition) is 6. The summed E-state index contributed by atoms with van der Waals surface area (Å²) in [6, 6.07) is 13.1. The molecule has 0 fully saturated rings. The molecule has 0 bridgehead atoms. The molecular formula is C22H22N2O5S2. The summed E-state index contributed by atoms with van der Waals surface area (Å²) >= 11 is 2.83. The van der Waals surface area contributed by atoms with Gasteiger partial charge >= 0.3 is 18.0 Å². The molecular weight excluding hydrogens is 436 g/mol. The van der Waals surface area contributed by atoms with Crippen molar-refractivity contribution < 1.29 is 24.2 Å². The normalized spacial score (nSPS) is 15.8. The van der Waals surface area contributed by atoms with Gasteiger partial charge in [-0.1, -0.05) is 24.3 Å². The van der Waals surface area contributed by atoms with Gasteiger partial charge in [-0.05, 0) is 43.0 Å². The standard InChI is InChI=1S/C22H22N2O5S2/c1-3-29-21(27)18-16(12-31-17-7-5-4-6-15(17)20(25)26)23-22(28)24-19(18)13-8-10-14(30-2)11-9-13/h4-11,19H,3,12H2,1-2H3,(H,25,26)(H2,23,24,28)/t19-/m1/s1. The molecule has 0 saturated carbocycles. The summed E-state index contributed by atoms with van der Waals surface area (Å²) in [4.78, 5) is 38.3. The molecule has 0 unspecified atom stereocenters. The Balaban J connectivity index is 1.98. The summed E-state index contributed by atoms with van der Waals surface area (Å²) in [5, 5.41) is 14.9. The van der Waals surface area contributed by atoms with E-state index in [2.05, 4.69) is 10.6 Å². The van der Waals surface area contributed by atoms with Gasteiger partial charge in [0.25, 0.3) is 0 Å². The van der Waals surface area contributed by atoms with E-state index in [1.165, 1.54) is 17.8 Å². The highest BCUT2D eigenvalue weighted by Gasteiger charge is 2.33. The first-order valence-corrected chi connectivity index (χ1v) is 11.7. The van der Waals surface area contributed by atoms with Crippen molar-refractivity contribution in [1.29, 1.82) is 0 Å². The molecule has 1 aliphatic heterocycles. The Kier molecular flexibility index (Phi) is 7.64. The fraction of sp³-hybridized carbons (Fsp3) is 0.227. The zero-order chi connectivity index (χ0) is 22.4. The average molecular weight is 459 g/mol. The lowest BCUT2D eigenvalue weighted by Crippen LogP contribution is -2.46. The molecule has 3 N–H and O–H groups in total. The van der Waals surface area contributed by atoms with Crippen molar-refractivity contribution in [3.63, 3.8) is 0 Å². The maximum absolute atomic E-state index is 12.8. The number of esters is 1. The van der Waals surface area contributed by atoms with Gasteiger partial charge in [0, 0.05) is 21.2 Å². The summed E-state index contributed by atoms with van der Waals surface area (Å²) in [6.45, 7) is 1.91. The number of rotatable bonds is 8. The van der Waals surface area contributed by atoms with Crippen molar-refractivity contribution in [3.8, 4) is 0 Å². The number of carbonyl (C=O) groups is 3. The lowest BCUT2D eigenvalue weighted by molar-refractivity contribution is -0.139. The number of thioether (sulfide) groups is 2. The van der Waals surface area contributed by atoms with Crippen LogP contribution in [0.4, 0.5) is 4.79 Å². The van der Waals surface area contributed by atoms with Crippen molar-refractivity contribution in [2.75, 3.05) is 18.6 Å². The van der Waals surface area contributed by atoms with Crippen LogP contribution in [0.5, 0.6) is 0 Å². The van der Waals surface area contributed by atoms with E-state index in [1.54, 1.807) is 36.9 Å². The maximum atomic E-state index is 12.8. The van der Waals surface area contributed by atoms with Gasteiger partial charge < -0.3 is 20.5 Å². The second-order valence-electron chi connectivity index (χ2n) is 6.51. The Morgan fingerprint density at radius 3 is 2.48 bits per heavy atom. The second-order valence-corrected chi connectivity index (χ2v) is 8.40. The zero-order valence-electron chi connectivity index (χ0n) is 17.0. The Bertz CT molecular complexity index is 1020. The number of urea groups is 1. The number of amides is 2. The fourth-order valence-corrected chi connectivity index (χ4v) is 4.57. The summed E-state index contributed by atoms with van der Waals surface area (Å²) in [6.07, 6.45) is 1.97. The van der Waals surface area contributed by atoms with E-state index in [-0.39, 0.29) is 17.9 Å². The third-order valence-electron chi connectivity index (χ3n) is 4.59. The Morgan fingerprint density at radius 2 is 1.84 bits per heavy atom. The number of hydrogen-bond donors (Lipinski definition) is 3. The van der Waals surface area contributed by atoms with E-state index in [0.29, 0.717) is 16.2 Å². The van der Waals surface area contributed by atoms with Crippen LogP contribution in [0.3, 0.4) is 0 Å². The summed E-state index contributed by atoms with van der Waals surface area (Å²) < 4.78 is 5.26. The third kappa shape index (κ3) is 5.42. The van der Waals surface area contributed by atoms with Crippen LogP contribution in [0.25, 0.3) is 0 Å². The molecule has 2 amide bonds. The van der Waals surface area contributed by atoms with Crippen LogP contribution < -0.4 is 10.6 Å². The van der Waals surface area contributed by atoms with Crippen LogP contribution in [0.2, 0.25) is 0 Å². The summed E-state index contributed by atoms with van der Waals surface area (Å²) in [5.74, 6) is -1.37. The lowest BCUT2D eigenvalue weighted by Gasteiger charge is -2.29. The zero-order valence-corrected chi connectivity index (χ0v) is 18.6. The van der Waals surface area contributed by atoms with Gasteiger partial charge in [-0.3, -0.25) is 0 Å². The Hall–Kier alpha value is -2.91. The van der Waals surface area contributed by atoms with Gasteiger partial charge in [0.1, 0.15) is 0 Å². The van der Waals surface area contributed by atoms with Crippen LogP contribution in [0, 0.1) is 0 Å². The van der Waals surface area contributed by atoms with Crippen LogP contribution in [-0.4, -0.2) is 41.7 Å². The number of benzene rings is 2. The number of carboxylic acid groups (broad SMARTS) is 1. The number of aromatic carboxylic acids is 1. The van der Waals surface area contributed by atoms with Crippen LogP contribution in [0.1, 0.15) is 28.9 Å². The Morgan fingerprint density at radius 1 is 1.13 bits per heavy atom. The van der Waals surface area contributed by atoms with Crippen LogP contribution >= 0.6 is 23.5 Å². The van der Waals surface area contributed by atoms with Gasteiger partial charge in [-0.2, -0.15) is 0 Å². The number of carboxylic acids is 1. The number of carbonyl (C=O) groups excluding carboxylic acids is 2. The third-order valence-corrected chi connectivity index (χ3v) is 6.43. The minimum absolute atomic E-state index is 0.162. The highest BCUT2D eigenvalue weighted by atomic mass is 32.2. The molecule has 1 heterocycles. The molecule has 0 aromatic heterocycles. The molecule has 9 heteroatoms. The molecule has 0 saturated heterocycles. The average Bonchev–Trinajstić information content (AvgIpc) is 2.77. The van der Waals surface area contributed by atoms with Crippen LogP contribution in [0.15, 0.2) is 69.6 Å². The molecule has 0 radical (unpaired) electrons. The van der Waals surface area contributed by atoms with Gasteiger partial charge in [0.05, 0.1) is 23.8 Å². The van der Waals surface area contributed by atoms with Crippen molar-refractivity contribution in [3.05, 3.63) is 70.9 Å². The van der Waals surface area contributed by atoms with Crippen molar-refractivity contribution in [2.45, 2.75) is 22.8 Å².